The number of carboxylic acids is 1. The van der Waals surface area contributed by atoms with Gasteiger partial charge < -0.3 is 9.84 Å². The average molecular weight is 517 g/mol. The molecule has 0 aromatic heterocycles. The van der Waals surface area contributed by atoms with Gasteiger partial charge in [-0.1, -0.05) is 42.5 Å². The van der Waals surface area contributed by atoms with Crippen molar-refractivity contribution in [3.05, 3.63) is 78.9 Å². The number of nitrogens with one attached hydrogen (secondary N) is 1. The van der Waals surface area contributed by atoms with Gasteiger partial charge in [-0.25, -0.2) is 21.6 Å². The smallest absolute Gasteiger partial charge is 0.322 e. The molecule has 2 atom stereocenters. The Balaban J connectivity index is 1.54. The van der Waals surface area contributed by atoms with Crippen LogP contribution in [0.15, 0.2) is 88.7 Å². The van der Waals surface area contributed by atoms with Crippen LogP contribution in [-0.2, 0) is 24.8 Å². The van der Waals surface area contributed by atoms with Crippen LogP contribution in [-0.4, -0.2) is 58.0 Å². The molecule has 0 unspecified atom stereocenters. The van der Waals surface area contributed by atoms with E-state index < -0.39 is 38.1 Å². The molecule has 35 heavy (non-hydrogen) atoms. The lowest BCUT2D eigenvalue weighted by Gasteiger charge is -2.21. The molecule has 184 valence electrons. The summed E-state index contributed by atoms with van der Waals surface area (Å²) in [7, 11) is -6.76. The van der Waals surface area contributed by atoms with Gasteiger partial charge in [-0.15, -0.1) is 0 Å². The van der Waals surface area contributed by atoms with Crippen molar-refractivity contribution in [3.63, 3.8) is 0 Å². The Morgan fingerprint density at radius 1 is 0.886 bits per heavy atom. The summed E-state index contributed by atoms with van der Waals surface area (Å²) >= 11 is 0. The first-order valence-corrected chi connectivity index (χ1v) is 13.6. The SMILES string of the molecule is COc1ccc(S(=O)(=O)N2C[C@@H](NS(=O)(=O)c3ccc(-c4ccccc4)cc3)C[C@@H]2C(=O)O)cc1. The molecule has 0 spiro atoms. The largest absolute Gasteiger partial charge is 0.497 e. The Morgan fingerprint density at radius 2 is 1.46 bits per heavy atom. The van der Waals surface area contributed by atoms with Gasteiger partial charge in [0.1, 0.15) is 11.8 Å². The van der Waals surface area contributed by atoms with Crippen LogP contribution < -0.4 is 9.46 Å². The van der Waals surface area contributed by atoms with E-state index in [1.165, 1.54) is 43.5 Å². The van der Waals surface area contributed by atoms with Crippen molar-refractivity contribution in [2.75, 3.05) is 13.7 Å². The standard InChI is InChI=1S/C24H24N2O7S2/c1-33-20-9-13-22(14-10-20)35(31,32)26-16-19(15-23(26)24(27)28)25-34(29,30)21-11-7-18(8-12-21)17-5-3-2-4-6-17/h2-14,19,23,25H,15-16H2,1H3,(H,27,28)/t19-,23+/m0/s1. The summed E-state index contributed by atoms with van der Waals surface area (Å²) in [5.74, 6) is -0.903. The van der Waals surface area contributed by atoms with Gasteiger partial charge in [0.05, 0.1) is 16.9 Å². The molecule has 1 aliphatic rings. The molecule has 3 aromatic rings. The minimum Gasteiger partial charge on any atom is -0.497 e. The summed E-state index contributed by atoms with van der Waals surface area (Å²) in [6, 6.07) is 19.0. The first-order valence-electron chi connectivity index (χ1n) is 10.7. The van der Waals surface area contributed by atoms with E-state index in [1.54, 1.807) is 12.1 Å². The highest BCUT2D eigenvalue weighted by molar-refractivity contribution is 7.89. The number of carbonyl (C=O) groups is 1. The number of rotatable bonds is 8. The van der Waals surface area contributed by atoms with Gasteiger partial charge in [0.25, 0.3) is 0 Å². The number of ether oxygens (including phenoxy) is 1. The van der Waals surface area contributed by atoms with Gasteiger partial charge in [-0.05, 0) is 53.9 Å². The van der Waals surface area contributed by atoms with E-state index in [2.05, 4.69) is 4.72 Å². The van der Waals surface area contributed by atoms with E-state index in [9.17, 15) is 26.7 Å². The molecule has 1 heterocycles. The van der Waals surface area contributed by atoms with Gasteiger partial charge in [0.2, 0.25) is 20.0 Å². The molecule has 0 amide bonds. The van der Waals surface area contributed by atoms with Gasteiger partial charge in [-0.2, -0.15) is 4.31 Å². The highest BCUT2D eigenvalue weighted by atomic mass is 32.2. The van der Waals surface area contributed by atoms with Crippen molar-refractivity contribution in [2.24, 2.45) is 0 Å². The van der Waals surface area contributed by atoms with E-state index in [4.69, 9.17) is 4.74 Å². The highest BCUT2D eigenvalue weighted by Crippen LogP contribution is 2.29. The van der Waals surface area contributed by atoms with Crippen LogP contribution in [0.1, 0.15) is 6.42 Å². The second kappa shape index (κ2) is 9.78. The minimum absolute atomic E-state index is 0.000479. The summed E-state index contributed by atoms with van der Waals surface area (Å²) in [6.45, 7) is -0.313. The number of benzene rings is 3. The van der Waals surface area contributed by atoms with E-state index in [0.717, 1.165) is 15.4 Å². The Bertz CT molecular complexity index is 1410. The lowest BCUT2D eigenvalue weighted by atomic mass is 10.1. The molecule has 1 fully saturated rings. The third-order valence-electron chi connectivity index (χ3n) is 5.80. The number of nitrogens with zero attached hydrogens (tertiary/aromatic N) is 1. The summed E-state index contributed by atoms with van der Waals surface area (Å²) in [6.07, 6.45) is -0.202. The molecule has 1 aliphatic heterocycles. The number of sulfonamides is 2. The molecule has 0 saturated carbocycles. The van der Waals surface area contributed by atoms with Crippen LogP contribution in [0.2, 0.25) is 0 Å². The quantitative estimate of drug-likeness (QED) is 0.471. The normalized spacial score (nSPS) is 18.9. The van der Waals surface area contributed by atoms with Crippen LogP contribution in [0.25, 0.3) is 11.1 Å². The molecule has 1 saturated heterocycles. The fourth-order valence-electron chi connectivity index (χ4n) is 4.01. The molecule has 3 aromatic carbocycles. The maximum atomic E-state index is 13.1. The molecule has 0 radical (unpaired) electrons. The first kappa shape index (κ1) is 24.9. The van der Waals surface area contributed by atoms with Crippen molar-refractivity contribution in [2.45, 2.75) is 28.3 Å². The monoisotopic (exact) mass is 516 g/mol. The van der Waals surface area contributed by atoms with Crippen molar-refractivity contribution in [1.82, 2.24) is 9.03 Å². The van der Waals surface area contributed by atoms with Crippen LogP contribution in [0.4, 0.5) is 0 Å². The Kier molecular flexibility index (Phi) is 6.95. The Labute approximate surface area is 204 Å². The molecule has 2 N–H and O–H groups in total. The molecule has 11 heteroatoms. The van der Waals surface area contributed by atoms with Crippen molar-refractivity contribution in [1.29, 1.82) is 0 Å². The molecule has 0 bridgehead atoms. The van der Waals surface area contributed by atoms with Gasteiger partial charge in [-0.3, -0.25) is 4.79 Å². The third-order valence-corrected chi connectivity index (χ3v) is 9.23. The van der Waals surface area contributed by atoms with Gasteiger partial charge in [0, 0.05) is 12.6 Å². The van der Waals surface area contributed by atoms with E-state index in [-0.39, 0.29) is 22.8 Å². The van der Waals surface area contributed by atoms with Crippen LogP contribution in [0.5, 0.6) is 5.75 Å². The lowest BCUT2D eigenvalue weighted by Crippen LogP contribution is -2.41. The fraction of sp³-hybridized carbons (Fsp3) is 0.208. The zero-order valence-electron chi connectivity index (χ0n) is 18.7. The third kappa shape index (κ3) is 5.22. The van der Waals surface area contributed by atoms with Crippen molar-refractivity contribution >= 4 is 26.0 Å². The average Bonchev–Trinajstić information content (AvgIpc) is 3.29. The van der Waals surface area contributed by atoms with Gasteiger partial charge in [0.15, 0.2) is 0 Å². The molecule has 0 aliphatic carbocycles. The number of hydrogen-bond donors (Lipinski definition) is 2. The highest BCUT2D eigenvalue weighted by Gasteiger charge is 2.45. The minimum atomic E-state index is -4.19. The summed E-state index contributed by atoms with van der Waals surface area (Å²) in [5, 5.41) is 9.64. The molecule has 4 rings (SSSR count). The number of carboxylic acid groups (broad SMARTS) is 1. The van der Waals surface area contributed by atoms with Crippen molar-refractivity contribution in [3.8, 4) is 16.9 Å². The van der Waals surface area contributed by atoms with E-state index in [0.29, 0.717) is 5.75 Å². The van der Waals surface area contributed by atoms with Gasteiger partial charge >= 0.3 is 5.97 Å². The maximum Gasteiger partial charge on any atom is 0.322 e. The second-order valence-electron chi connectivity index (χ2n) is 8.05. The summed E-state index contributed by atoms with van der Waals surface area (Å²) < 4.78 is 60.6. The Morgan fingerprint density at radius 3 is 2.03 bits per heavy atom. The summed E-state index contributed by atoms with van der Waals surface area (Å²) in [5.41, 5.74) is 1.77. The number of methoxy groups -OCH3 is 1. The Hall–Kier alpha value is -3.25. The maximum absolute atomic E-state index is 13.1. The van der Waals surface area contributed by atoms with E-state index in [1.807, 2.05) is 30.3 Å². The van der Waals surface area contributed by atoms with Crippen molar-refractivity contribution < 1.29 is 31.5 Å². The second-order valence-corrected chi connectivity index (χ2v) is 11.7. The van der Waals surface area contributed by atoms with Crippen LogP contribution in [0.3, 0.4) is 0 Å². The zero-order chi connectivity index (χ0) is 25.2. The topological polar surface area (TPSA) is 130 Å². The van der Waals surface area contributed by atoms with Crippen LogP contribution >= 0.6 is 0 Å². The lowest BCUT2D eigenvalue weighted by molar-refractivity contribution is -0.140. The predicted molar refractivity (Wildman–Crippen MR) is 129 cm³/mol. The van der Waals surface area contributed by atoms with Crippen LogP contribution in [0, 0.1) is 0 Å². The predicted octanol–water partition coefficient (Wildman–Crippen LogP) is 2.56. The first-order chi connectivity index (χ1) is 16.6. The molecular formula is C24H24N2O7S2. The fourth-order valence-corrected chi connectivity index (χ4v) is 6.89. The summed E-state index contributed by atoms with van der Waals surface area (Å²) in [4.78, 5) is 11.7. The number of hydrogen-bond acceptors (Lipinski definition) is 6. The molecular weight excluding hydrogens is 492 g/mol. The molecule has 9 nitrogen and oxygen atoms in total. The zero-order valence-corrected chi connectivity index (χ0v) is 20.4. The van der Waals surface area contributed by atoms with E-state index >= 15 is 0 Å². The number of aliphatic carboxylic acids is 1.